The lowest BCUT2D eigenvalue weighted by Crippen LogP contribution is -2.54. The first-order valence-corrected chi connectivity index (χ1v) is 8.77. The molecule has 0 saturated carbocycles. The smallest absolute Gasteiger partial charge is 0.312 e. The van der Waals surface area contributed by atoms with E-state index in [-0.39, 0.29) is 11.9 Å². The maximum atomic E-state index is 12.6. The van der Waals surface area contributed by atoms with Gasteiger partial charge in [-0.15, -0.1) is 11.3 Å². The molecule has 1 saturated heterocycles. The van der Waals surface area contributed by atoms with Crippen molar-refractivity contribution in [1.29, 1.82) is 0 Å². The van der Waals surface area contributed by atoms with Crippen molar-refractivity contribution in [2.45, 2.75) is 33.2 Å². The number of aryl methyl sites for hydroxylation is 1. The predicted molar refractivity (Wildman–Crippen MR) is 89.5 cm³/mol. The lowest BCUT2D eigenvalue weighted by atomic mass is 10.2. The summed E-state index contributed by atoms with van der Waals surface area (Å²) < 4.78 is 0. The molecule has 0 radical (unpaired) electrons. The van der Waals surface area contributed by atoms with Crippen molar-refractivity contribution in [2.75, 3.05) is 26.2 Å². The number of rotatable bonds is 3. The molecule has 0 atom stereocenters. The zero-order chi connectivity index (χ0) is 17.0. The zero-order valence-corrected chi connectivity index (χ0v) is 14.6. The molecule has 2 heterocycles. The highest BCUT2D eigenvalue weighted by molar-refractivity contribution is 7.12. The molecular formula is C16H23N3O3S. The fourth-order valence-electron chi connectivity index (χ4n) is 2.53. The molecule has 0 aromatic carbocycles. The largest absolute Gasteiger partial charge is 0.346 e. The van der Waals surface area contributed by atoms with Crippen LogP contribution in [-0.2, 0) is 16.0 Å². The molecule has 1 fully saturated rings. The van der Waals surface area contributed by atoms with Gasteiger partial charge in [0.15, 0.2) is 0 Å². The number of amides is 3. The Balaban J connectivity index is 1.92. The number of thiophene rings is 1. The van der Waals surface area contributed by atoms with E-state index in [0.717, 1.165) is 16.9 Å². The summed E-state index contributed by atoms with van der Waals surface area (Å²) in [6.45, 7) is 7.36. The second-order valence-corrected chi connectivity index (χ2v) is 6.76. The minimum Gasteiger partial charge on any atom is -0.346 e. The summed E-state index contributed by atoms with van der Waals surface area (Å²) in [5.41, 5.74) is 1.06. The van der Waals surface area contributed by atoms with Crippen LogP contribution in [-0.4, -0.2) is 59.7 Å². The molecule has 7 heteroatoms. The Kier molecular flexibility index (Phi) is 5.76. The van der Waals surface area contributed by atoms with Crippen molar-refractivity contribution in [2.24, 2.45) is 0 Å². The number of hydrogen-bond donors (Lipinski definition) is 1. The second kappa shape index (κ2) is 7.59. The van der Waals surface area contributed by atoms with Crippen molar-refractivity contribution in [1.82, 2.24) is 15.1 Å². The van der Waals surface area contributed by atoms with Crippen molar-refractivity contribution in [3.63, 3.8) is 0 Å². The summed E-state index contributed by atoms with van der Waals surface area (Å²) in [5, 5.41) is 4.53. The van der Waals surface area contributed by atoms with Gasteiger partial charge in [0, 0.05) is 32.2 Å². The highest BCUT2D eigenvalue weighted by atomic mass is 32.1. The number of nitrogens with zero attached hydrogens (tertiary/aromatic N) is 2. The molecule has 23 heavy (non-hydrogen) atoms. The Labute approximate surface area is 140 Å². The summed E-state index contributed by atoms with van der Waals surface area (Å²) in [6, 6.07) is 1.91. The fraction of sp³-hybridized carbons (Fsp3) is 0.562. The molecule has 0 bridgehead atoms. The normalized spacial score (nSPS) is 15.0. The van der Waals surface area contributed by atoms with Crippen LogP contribution in [0.4, 0.5) is 0 Å². The summed E-state index contributed by atoms with van der Waals surface area (Å²) in [4.78, 5) is 40.4. The van der Waals surface area contributed by atoms with Crippen LogP contribution in [0.2, 0.25) is 0 Å². The van der Waals surface area contributed by atoms with Gasteiger partial charge in [-0.05, 0) is 37.3 Å². The van der Waals surface area contributed by atoms with Crippen LogP contribution in [0.15, 0.2) is 11.4 Å². The van der Waals surface area contributed by atoms with Crippen LogP contribution >= 0.6 is 11.3 Å². The summed E-state index contributed by atoms with van der Waals surface area (Å²) in [6.07, 6.45) is 0.832. The Morgan fingerprint density at radius 1 is 1.17 bits per heavy atom. The molecule has 1 aromatic rings. The average molecular weight is 337 g/mol. The second-order valence-electron chi connectivity index (χ2n) is 5.84. The standard InChI is InChI=1S/C16H23N3O3S/c1-4-12-5-10-23-13(12)15(21)18-6-8-19(9-7-18)16(22)14(20)17-11(2)3/h5,10-11H,4,6-9H2,1-3H3,(H,17,20). The topological polar surface area (TPSA) is 69.7 Å². The van der Waals surface area contributed by atoms with E-state index >= 15 is 0 Å². The Hall–Kier alpha value is -1.89. The van der Waals surface area contributed by atoms with Gasteiger partial charge >= 0.3 is 11.8 Å². The fourth-order valence-corrected chi connectivity index (χ4v) is 3.49. The monoisotopic (exact) mass is 337 g/mol. The first kappa shape index (κ1) is 17.5. The van der Waals surface area contributed by atoms with Gasteiger partial charge < -0.3 is 15.1 Å². The van der Waals surface area contributed by atoms with Crippen LogP contribution < -0.4 is 5.32 Å². The summed E-state index contributed by atoms with van der Waals surface area (Å²) in [5.74, 6) is -1.07. The van der Waals surface area contributed by atoms with Crippen LogP contribution in [0.3, 0.4) is 0 Å². The third-order valence-electron chi connectivity index (χ3n) is 3.79. The van der Waals surface area contributed by atoms with Gasteiger partial charge in [0.2, 0.25) is 0 Å². The SMILES string of the molecule is CCc1ccsc1C(=O)N1CCN(C(=O)C(=O)NC(C)C)CC1. The summed E-state index contributed by atoms with van der Waals surface area (Å²) in [7, 11) is 0. The first-order chi connectivity index (χ1) is 10.9. The first-order valence-electron chi connectivity index (χ1n) is 7.89. The molecule has 0 unspecified atom stereocenters. The molecule has 1 aliphatic rings. The van der Waals surface area contributed by atoms with E-state index in [1.807, 2.05) is 32.2 Å². The molecule has 126 valence electrons. The highest BCUT2D eigenvalue weighted by Crippen LogP contribution is 2.20. The molecule has 1 aliphatic heterocycles. The lowest BCUT2D eigenvalue weighted by Gasteiger charge is -2.34. The minimum absolute atomic E-state index is 0.0237. The van der Waals surface area contributed by atoms with Gasteiger partial charge in [-0.1, -0.05) is 6.92 Å². The quantitative estimate of drug-likeness (QED) is 0.840. The molecule has 6 nitrogen and oxygen atoms in total. The molecule has 0 aliphatic carbocycles. The van der Waals surface area contributed by atoms with Gasteiger partial charge in [-0.2, -0.15) is 0 Å². The third kappa shape index (κ3) is 4.10. The Bertz CT molecular complexity index is 589. The third-order valence-corrected chi connectivity index (χ3v) is 4.73. The van der Waals surface area contributed by atoms with E-state index < -0.39 is 11.8 Å². The van der Waals surface area contributed by atoms with Crippen LogP contribution in [0.5, 0.6) is 0 Å². The van der Waals surface area contributed by atoms with Crippen molar-refractivity contribution >= 4 is 29.1 Å². The molecule has 1 N–H and O–H groups in total. The maximum Gasteiger partial charge on any atom is 0.312 e. The van der Waals surface area contributed by atoms with Crippen molar-refractivity contribution in [3.05, 3.63) is 21.9 Å². The Morgan fingerprint density at radius 3 is 2.35 bits per heavy atom. The number of carbonyl (C=O) groups excluding carboxylic acids is 3. The van der Waals surface area contributed by atoms with E-state index in [4.69, 9.17) is 0 Å². The Morgan fingerprint density at radius 2 is 1.78 bits per heavy atom. The van der Waals surface area contributed by atoms with Gasteiger partial charge in [-0.25, -0.2) is 0 Å². The number of piperazine rings is 1. The van der Waals surface area contributed by atoms with Gasteiger partial charge in [-0.3, -0.25) is 14.4 Å². The van der Waals surface area contributed by atoms with E-state index in [9.17, 15) is 14.4 Å². The molecule has 1 aromatic heterocycles. The van der Waals surface area contributed by atoms with Crippen LogP contribution in [0.1, 0.15) is 36.0 Å². The maximum absolute atomic E-state index is 12.6. The van der Waals surface area contributed by atoms with Gasteiger partial charge in [0.1, 0.15) is 0 Å². The molecular weight excluding hydrogens is 314 g/mol. The van der Waals surface area contributed by atoms with Crippen LogP contribution in [0, 0.1) is 0 Å². The lowest BCUT2D eigenvalue weighted by molar-refractivity contribution is -0.147. The van der Waals surface area contributed by atoms with E-state index in [1.165, 1.54) is 16.2 Å². The van der Waals surface area contributed by atoms with E-state index in [1.54, 1.807) is 4.90 Å². The minimum atomic E-state index is -0.577. The zero-order valence-electron chi connectivity index (χ0n) is 13.8. The number of carbonyl (C=O) groups is 3. The molecule has 2 rings (SSSR count). The van der Waals surface area contributed by atoms with Gasteiger partial charge in [0.05, 0.1) is 4.88 Å². The molecule has 0 spiro atoms. The van der Waals surface area contributed by atoms with Crippen LogP contribution in [0.25, 0.3) is 0 Å². The van der Waals surface area contributed by atoms with E-state index in [2.05, 4.69) is 5.32 Å². The number of nitrogens with one attached hydrogen (secondary N) is 1. The predicted octanol–water partition coefficient (Wildman–Crippen LogP) is 1.12. The summed E-state index contributed by atoms with van der Waals surface area (Å²) >= 11 is 1.46. The van der Waals surface area contributed by atoms with Crippen molar-refractivity contribution < 1.29 is 14.4 Å². The molecule has 3 amide bonds. The van der Waals surface area contributed by atoms with E-state index in [0.29, 0.717) is 26.2 Å². The average Bonchev–Trinajstić information content (AvgIpc) is 3.01. The van der Waals surface area contributed by atoms with Crippen molar-refractivity contribution in [3.8, 4) is 0 Å². The van der Waals surface area contributed by atoms with Gasteiger partial charge in [0.25, 0.3) is 5.91 Å². The highest BCUT2D eigenvalue weighted by Gasteiger charge is 2.29. The number of hydrogen-bond acceptors (Lipinski definition) is 4.